The summed E-state index contributed by atoms with van der Waals surface area (Å²) >= 11 is 0. The normalized spacial score (nSPS) is 13.9. The molecule has 0 spiro atoms. The van der Waals surface area contributed by atoms with Gasteiger partial charge in [0.05, 0.1) is 24.3 Å². The number of alkyl halides is 4. The number of aryl methyl sites for hydroxylation is 1. The molecule has 14 heteroatoms. The van der Waals surface area contributed by atoms with E-state index in [0.29, 0.717) is 5.56 Å². The molecule has 9 nitrogen and oxygen atoms in total. The van der Waals surface area contributed by atoms with Gasteiger partial charge in [0.1, 0.15) is 18.5 Å². The molecule has 212 valence electrons. The number of benzene rings is 1. The summed E-state index contributed by atoms with van der Waals surface area (Å²) in [6.07, 6.45) is -2.07. The van der Waals surface area contributed by atoms with E-state index < -0.39 is 29.6 Å². The van der Waals surface area contributed by atoms with Crippen molar-refractivity contribution in [1.29, 1.82) is 0 Å². The van der Waals surface area contributed by atoms with E-state index in [4.69, 9.17) is 4.74 Å². The third-order valence-electron chi connectivity index (χ3n) is 5.81. The Morgan fingerprint density at radius 1 is 1.15 bits per heavy atom. The predicted molar refractivity (Wildman–Crippen MR) is 133 cm³/mol. The molecule has 4 rings (SSSR count). The lowest BCUT2D eigenvalue weighted by atomic mass is 10.2. The number of aromatic nitrogens is 2. The number of carbonyl (C=O) groups excluding carboxylic acids is 1. The zero-order chi connectivity index (χ0) is 28.7. The molecule has 0 radical (unpaired) electrons. The van der Waals surface area contributed by atoms with E-state index in [2.05, 4.69) is 21.3 Å². The summed E-state index contributed by atoms with van der Waals surface area (Å²) in [7, 11) is 0. The highest BCUT2D eigenvalue weighted by atomic mass is 19.4. The summed E-state index contributed by atoms with van der Waals surface area (Å²) in [6.45, 7) is -0.301. The Labute approximate surface area is 225 Å². The van der Waals surface area contributed by atoms with Crippen LogP contribution in [0.2, 0.25) is 0 Å². The van der Waals surface area contributed by atoms with Gasteiger partial charge in [0.2, 0.25) is 0 Å². The Bertz CT molecular complexity index is 1430. The molecule has 1 aromatic carbocycles. The van der Waals surface area contributed by atoms with Crippen LogP contribution in [0.15, 0.2) is 77.6 Å². The number of amides is 1. The molecule has 3 aromatic rings. The number of nitrogens with zero attached hydrogens (tertiary/aromatic N) is 3. The van der Waals surface area contributed by atoms with Gasteiger partial charge in [-0.25, -0.2) is 8.78 Å². The van der Waals surface area contributed by atoms with Gasteiger partial charge in [-0.3, -0.25) is 25.0 Å². The lowest BCUT2D eigenvalue weighted by molar-refractivity contribution is -0.137. The summed E-state index contributed by atoms with van der Waals surface area (Å²) in [6, 6.07) is 10.5. The Hall–Kier alpha value is -4.46. The number of carbonyl (C=O) groups is 1. The quantitative estimate of drug-likeness (QED) is 0.308. The minimum absolute atomic E-state index is 0.000253. The number of pyridine rings is 2. The van der Waals surface area contributed by atoms with Gasteiger partial charge in [-0.2, -0.15) is 13.2 Å². The van der Waals surface area contributed by atoms with Gasteiger partial charge in [0.25, 0.3) is 11.5 Å². The molecule has 1 unspecified atom stereocenters. The van der Waals surface area contributed by atoms with Gasteiger partial charge in [-0.15, -0.1) is 5.53 Å². The number of halogens is 5. The third kappa shape index (κ3) is 7.79. The number of ether oxygens (including phenoxy) is 1. The average molecular weight is 565 g/mol. The first-order valence-corrected chi connectivity index (χ1v) is 12.1. The molecule has 0 aliphatic carbocycles. The number of rotatable bonds is 11. The van der Waals surface area contributed by atoms with Crippen LogP contribution in [0, 0.1) is 5.82 Å². The van der Waals surface area contributed by atoms with Crippen LogP contribution in [0.1, 0.15) is 23.2 Å². The molecule has 0 saturated heterocycles. The average Bonchev–Trinajstić information content (AvgIpc) is 3.39. The van der Waals surface area contributed by atoms with Gasteiger partial charge in [-0.05, 0) is 42.3 Å². The first-order chi connectivity index (χ1) is 19.1. The first kappa shape index (κ1) is 28.5. The molecule has 3 N–H and O–H groups in total. The van der Waals surface area contributed by atoms with Crippen molar-refractivity contribution >= 4 is 5.91 Å². The Morgan fingerprint density at radius 3 is 2.70 bits per heavy atom. The molecule has 2 aromatic heterocycles. The molecule has 0 bridgehead atoms. The van der Waals surface area contributed by atoms with E-state index in [-0.39, 0.29) is 55.4 Å². The second-order valence-corrected chi connectivity index (χ2v) is 8.82. The van der Waals surface area contributed by atoms with Crippen LogP contribution in [-0.4, -0.2) is 33.2 Å². The van der Waals surface area contributed by atoms with Crippen molar-refractivity contribution in [3.8, 4) is 5.75 Å². The van der Waals surface area contributed by atoms with E-state index in [1.807, 2.05) is 0 Å². The summed E-state index contributed by atoms with van der Waals surface area (Å²) < 4.78 is 73.5. The second-order valence-electron chi connectivity index (χ2n) is 8.82. The number of hydrazine groups is 2. The topological polar surface area (TPSA) is 101 Å². The molecule has 0 fully saturated rings. The van der Waals surface area contributed by atoms with Gasteiger partial charge >= 0.3 is 6.18 Å². The van der Waals surface area contributed by atoms with Crippen molar-refractivity contribution in [2.45, 2.75) is 38.5 Å². The zero-order valence-electron chi connectivity index (χ0n) is 20.9. The van der Waals surface area contributed by atoms with Gasteiger partial charge in [0, 0.05) is 31.2 Å². The minimum Gasteiger partial charge on any atom is -0.486 e. The van der Waals surface area contributed by atoms with Crippen molar-refractivity contribution in [1.82, 2.24) is 30.8 Å². The van der Waals surface area contributed by atoms with Crippen molar-refractivity contribution in [2.75, 3.05) is 6.54 Å². The fourth-order valence-corrected chi connectivity index (χ4v) is 3.71. The molecule has 1 aliphatic heterocycles. The lowest BCUT2D eigenvalue weighted by Crippen LogP contribution is -2.41. The van der Waals surface area contributed by atoms with Crippen molar-refractivity contribution in [2.24, 2.45) is 0 Å². The number of para-hydroxylation sites is 1. The summed E-state index contributed by atoms with van der Waals surface area (Å²) in [5, 5.41) is 3.75. The van der Waals surface area contributed by atoms with E-state index in [1.54, 1.807) is 12.1 Å². The summed E-state index contributed by atoms with van der Waals surface area (Å²) in [5.74, 6) is -1.07. The fraction of sp³-hybridized carbons (Fsp3) is 0.269. The monoisotopic (exact) mass is 564 g/mol. The smallest absolute Gasteiger partial charge is 0.416 e. The summed E-state index contributed by atoms with van der Waals surface area (Å²) in [4.78, 5) is 28.5. The highest BCUT2D eigenvalue weighted by Gasteiger charge is 2.30. The number of hydrogen-bond acceptors (Lipinski definition) is 7. The number of nitrogens with one attached hydrogen (secondary N) is 3. The van der Waals surface area contributed by atoms with E-state index in [9.17, 15) is 31.5 Å². The summed E-state index contributed by atoms with van der Waals surface area (Å²) in [5.41, 5.74) is 4.53. The van der Waals surface area contributed by atoms with Crippen LogP contribution >= 0.6 is 0 Å². The molecule has 1 atom stereocenters. The standard InChI is InChI=1S/C26H25F5N6O3/c27-19(7-10-36-9-6-17(11-24(36)38)16-40-23-4-2-1-3-21(23)28)14-37-15-22(34-35-37)25(39)33-13-20-12-18(5-8-32-20)26(29,30)31/h1-6,8-9,11-12,15,19,34-35H,7,10,13-14,16H2,(H,33,39). The third-order valence-corrected chi connectivity index (χ3v) is 5.81. The van der Waals surface area contributed by atoms with Crippen LogP contribution < -0.4 is 26.6 Å². The van der Waals surface area contributed by atoms with E-state index in [0.717, 1.165) is 18.3 Å². The molecule has 1 aliphatic rings. The van der Waals surface area contributed by atoms with Gasteiger partial charge < -0.3 is 14.6 Å². The van der Waals surface area contributed by atoms with Crippen molar-refractivity contribution in [3.63, 3.8) is 0 Å². The van der Waals surface area contributed by atoms with Crippen molar-refractivity contribution < 1.29 is 31.5 Å². The fourth-order valence-electron chi connectivity index (χ4n) is 3.71. The maximum Gasteiger partial charge on any atom is 0.416 e. The molecule has 1 amide bonds. The van der Waals surface area contributed by atoms with E-state index >= 15 is 0 Å². The lowest BCUT2D eigenvalue weighted by Gasteiger charge is -2.18. The first-order valence-electron chi connectivity index (χ1n) is 12.1. The minimum atomic E-state index is -4.53. The molecular formula is C26H25F5N6O3. The SMILES string of the molecule is O=C(NCc1cc(C(F)(F)F)ccn1)C1=CN(CC(F)CCn2ccc(COc3ccccc3F)cc2=O)NN1. The van der Waals surface area contributed by atoms with Gasteiger partial charge in [0.15, 0.2) is 11.6 Å². The molecular weight excluding hydrogens is 539 g/mol. The highest BCUT2D eigenvalue weighted by molar-refractivity contribution is 5.92. The van der Waals surface area contributed by atoms with Crippen LogP contribution in [0.5, 0.6) is 5.75 Å². The maximum atomic E-state index is 14.6. The van der Waals surface area contributed by atoms with Crippen molar-refractivity contribution in [3.05, 3.63) is 106 Å². The zero-order valence-corrected chi connectivity index (χ0v) is 20.9. The number of hydrogen-bond donors (Lipinski definition) is 3. The van der Waals surface area contributed by atoms with Crippen LogP contribution in [-0.2, 0) is 30.7 Å². The Kier molecular flexibility index (Phi) is 8.99. The highest BCUT2D eigenvalue weighted by Crippen LogP contribution is 2.29. The molecule has 40 heavy (non-hydrogen) atoms. The largest absolute Gasteiger partial charge is 0.486 e. The van der Waals surface area contributed by atoms with Crippen LogP contribution in [0.25, 0.3) is 0 Å². The predicted octanol–water partition coefficient (Wildman–Crippen LogP) is 3.19. The molecule has 3 heterocycles. The molecule has 0 saturated carbocycles. The van der Waals surface area contributed by atoms with Crippen LogP contribution in [0.4, 0.5) is 22.0 Å². The Morgan fingerprint density at radius 2 is 1.95 bits per heavy atom. The van der Waals surface area contributed by atoms with Gasteiger partial charge in [-0.1, -0.05) is 12.1 Å². The maximum absolute atomic E-state index is 14.6. The van der Waals surface area contributed by atoms with Crippen LogP contribution in [0.3, 0.4) is 0 Å². The second kappa shape index (κ2) is 12.6. The Balaban J connectivity index is 1.22. The van der Waals surface area contributed by atoms with E-state index in [1.165, 1.54) is 46.2 Å².